The number of sulfonamides is 1. The molecule has 0 fully saturated rings. The zero-order valence-electron chi connectivity index (χ0n) is 9.58. The van der Waals surface area contributed by atoms with E-state index in [9.17, 15) is 13.2 Å². The Bertz CT molecular complexity index is 656. The van der Waals surface area contributed by atoms with Gasteiger partial charge in [-0.3, -0.25) is 4.79 Å². The van der Waals surface area contributed by atoms with Crippen LogP contribution < -0.4 is 4.72 Å². The molecule has 0 aliphatic heterocycles. The lowest BCUT2D eigenvalue weighted by atomic mass is 10.2. The van der Waals surface area contributed by atoms with Gasteiger partial charge in [0.1, 0.15) is 5.76 Å². The van der Waals surface area contributed by atoms with Crippen LogP contribution in [0.3, 0.4) is 0 Å². The van der Waals surface area contributed by atoms with E-state index in [1.807, 2.05) is 0 Å². The predicted octanol–water partition coefficient (Wildman–Crippen LogP) is 1.67. The highest BCUT2D eigenvalue weighted by Crippen LogP contribution is 2.23. The van der Waals surface area contributed by atoms with Crippen LogP contribution in [-0.4, -0.2) is 21.8 Å². The summed E-state index contributed by atoms with van der Waals surface area (Å²) < 4.78 is 30.5. The van der Waals surface area contributed by atoms with Gasteiger partial charge in [-0.15, -0.1) is 0 Å². The highest BCUT2D eigenvalue weighted by atomic mass is 32.2. The summed E-state index contributed by atoms with van der Waals surface area (Å²) in [7, 11) is -2.08. The molecule has 0 atom stereocenters. The molecule has 0 saturated heterocycles. The number of hydrogen-bond donors (Lipinski definition) is 1. The summed E-state index contributed by atoms with van der Waals surface area (Å²) in [5.74, 6) is 0.752. The zero-order chi connectivity index (χ0) is 13.2. The van der Waals surface area contributed by atoms with Gasteiger partial charge in [0, 0.05) is 5.56 Å². The van der Waals surface area contributed by atoms with Gasteiger partial charge in [-0.25, -0.2) is 13.1 Å². The van der Waals surface area contributed by atoms with Crippen LogP contribution in [0.25, 0.3) is 11.3 Å². The summed E-state index contributed by atoms with van der Waals surface area (Å²) in [6.07, 6.45) is 0.614. The molecular formula is C12H11NO4S. The van der Waals surface area contributed by atoms with Gasteiger partial charge in [0.05, 0.1) is 4.90 Å². The molecule has 2 rings (SSSR count). The third-order valence-electron chi connectivity index (χ3n) is 2.46. The first-order valence-corrected chi connectivity index (χ1v) is 6.64. The Hall–Kier alpha value is -1.92. The average molecular weight is 265 g/mol. The van der Waals surface area contributed by atoms with Gasteiger partial charge >= 0.3 is 0 Å². The van der Waals surface area contributed by atoms with Crippen molar-refractivity contribution >= 4 is 16.3 Å². The second-order valence-electron chi connectivity index (χ2n) is 3.55. The van der Waals surface area contributed by atoms with Crippen LogP contribution in [0.4, 0.5) is 0 Å². The van der Waals surface area contributed by atoms with Gasteiger partial charge in [0.25, 0.3) is 0 Å². The van der Waals surface area contributed by atoms with Crippen molar-refractivity contribution in [3.8, 4) is 11.3 Å². The molecule has 6 heteroatoms. The molecule has 18 heavy (non-hydrogen) atoms. The number of rotatable bonds is 4. The summed E-state index contributed by atoms with van der Waals surface area (Å²) in [5.41, 5.74) is 0.707. The van der Waals surface area contributed by atoms with Gasteiger partial charge < -0.3 is 4.42 Å². The van der Waals surface area contributed by atoms with Crippen molar-refractivity contribution in [3.63, 3.8) is 0 Å². The van der Waals surface area contributed by atoms with Gasteiger partial charge in [-0.1, -0.05) is 0 Å². The van der Waals surface area contributed by atoms with Crippen LogP contribution in [0.2, 0.25) is 0 Å². The van der Waals surface area contributed by atoms with Crippen LogP contribution >= 0.6 is 0 Å². The maximum absolute atomic E-state index is 11.5. The minimum atomic E-state index is -3.43. The van der Waals surface area contributed by atoms with Crippen LogP contribution in [0.15, 0.2) is 45.7 Å². The number of carbonyl (C=O) groups is 1. The highest BCUT2D eigenvalue weighted by molar-refractivity contribution is 7.89. The standard InChI is InChI=1S/C12H11NO4S/c1-13-18(15,16)11-5-2-9(3-6-11)12-7-4-10(8-14)17-12/h2-8,13H,1H3. The molecule has 0 unspecified atom stereocenters. The fourth-order valence-electron chi connectivity index (χ4n) is 1.49. The Kier molecular flexibility index (Phi) is 3.31. The van der Waals surface area contributed by atoms with E-state index < -0.39 is 10.0 Å². The molecular weight excluding hydrogens is 254 g/mol. The zero-order valence-corrected chi connectivity index (χ0v) is 10.4. The third-order valence-corrected chi connectivity index (χ3v) is 3.89. The molecule has 0 aliphatic carbocycles. The third kappa shape index (κ3) is 2.34. The van der Waals surface area contributed by atoms with Crippen molar-refractivity contribution in [3.05, 3.63) is 42.2 Å². The number of hydrogen-bond acceptors (Lipinski definition) is 4. The fourth-order valence-corrected chi connectivity index (χ4v) is 2.22. The maximum atomic E-state index is 11.5. The largest absolute Gasteiger partial charge is 0.453 e. The van der Waals surface area contributed by atoms with Crippen molar-refractivity contribution in [2.45, 2.75) is 4.90 Å². The fraction of sp³-hybridized carbons (Fsp3) is 0.0833. The molecule has 5 nitrogen and oxygen atoms in total. The molecule has 0 saturated carbocycles. The van der Waals surface area contributed by atoms with Crippen molar-refractivity contribution in [1.82, 2.24) is 4.72 Å². The predicted molar refractivity (Wildman–Crippen MR) is 65.8 cm³/mol. The Labute approximate surface area is 104 Å². The smallest absolute Gasteiger partial charge is 0.240 e. The Morgan fingerprint density at radius 2 is 1.78 bits per heavy atom. The molecule has 0 amide bonds. The first-order valence-electron chi connectivity index (χ1n) is 5.16. The second-order valence-corrected chi connectivity index (χ2v) is 5.44. The van der Waals surface area contributed by atoms with E-state index in [2.05, 4.69) is 4.72 Å². The molecule has 0 radical (unpaired) electrons. The number of nitrogens with one attached hydrogen (secondary N) is 1. The lowest BCUT2D eigenvalue weighted by molar-refractivity contribution is 0.110. The minimum absolute atomic E-state index is 0.177. The summed E-state index contributed by atoms with van der Waals surface area (Å²) in [6, 6.07) is 9.41. The second kappa shape index (κ2) is 4.75. The van der Waals surface area contributed by atoms with E-state index >= 15 is 0 Å². The van der Waals surface area contributed by atoms with Crippen LogP contribution in [0.5, 0.6) is 0 Å². The molecule has 94 valence electrons. The molecule has 0 aliphatic rings. The van der Waals surface area contributed by atoms with Crippen LogP contribution in [-0.2, 0) is 10.0 Å². The lowest BCUT2D eigenvalue weighted by Crippen LogP contribution is -2.18. The molecule has 2 aromatic rings. The van der Waals surface area contributed by atoms with Crippen molar-refractivity contribution in [2.75, 3.05) is 7.05 Å². The summed E-state index contributed by atoms with van der Waals surface area (Å²) in [5, 5.41) is 0. The van der Waals surface area contributed by atoms with Gasteiger partial charge in [-0.2, -0.15) is 0 Å². The van der Waals surface area contributed by atoms with Gasteiger partial charge in [0.15, 0.2) is 12.0 Å². The number of carbonyl (C=O) groups excluding carboxylic acids is 1. The molecule has 0 bridgehead atoms. The Morgan fingerprint density at radius 3 is 2.28 bits per heavy atom. The Morgan fingerprint density at radius 1 is 1.11 bits per heavy atom. The maximum Gasteiger partial charge on any atom is 0.240 e. The number of furan rings is 1. The lowest BCUT2D eigenvalue weighted by Gasteiger charge is -2.03. The van der Waals surface area contributed by atoms with Crippen molar-refractivity contribution in [1.29, 1.82) is 0 Å². The average Bonchev–Trinajstić information content (AvgIpc) is 2.87. The SMILES string of the molecule is CNS(=O)(=O)c1ccc(-c2ccc(C=O)o2)cc1. The van der Waals surface area contributed by atoms with Crippen molar-refractivity contribution < 1.29 is 17.6 Å². The van der Waals surface area contributed by atoms with Gasteiger partial charge in [-0.05, 0) is 43.4 Å². The van der Waals surface area contributed by atoms with E-state index in [4.69, 9.17) is 4.42 Å². The van der Waals surface area contributed by atoms with Crippen LogP contribution in [0, 0.1) is 0 Å². The topological polar surface area (TPSA) is 76.4 Å². The monoisotopic (exact) mass is 265 g/mol. The van der Waals surface area contributed by atoms with E-state index in [0.717, 1.165) is 0 Å². The van der Waals surface area contributed by atoms with E-state index in [1.165, 1.54) is 19.2 Å². The number of aldehydes is 1. The first kappa shape index (κ1) is 12.5. The highest BCUT2D eigenvalue weighted by Gasteiger charge is 2.11. The van der Waals surface area contributed by atoms with E-state index in [0.29, 0.717) is 17.6 Å². The molecule has 1 aromatic heterocycles. The minimum Gasteiger partial charge on any atom is -0.453 e. The molecule has 1 N–H and O–H groups in total. The summed E-state index contributed by atoms with van der Waals surface area (Å²) >= 11 is 0. The Balaban J connectivity index is 2.36. The molecule has 1 aromatic carbocycles. The summed E-state index contributed by atoms with van der Waals surface area (Å²) in [6.45, 7) is 0. The van der Waals surface area contributed by atoms with Crippen molar-refractivity contribution in [2.24, 2.45) is 0 Å². The molecule has 0 spiro atoms. The van der Waals surface area contributed by atoms with Crippen LogP contribution in [0.1, 0.15) is 10.6 Å². The van der Waals surface area contributed by atoms with E-state index in [-0.39, 0.29) is 10.7 Å². The van der Waals surface area contributed by atoms with E-state index in [1.54, 1.807) is 24.3 Å². The first-order chi connectivity index (χ1) is 8.56. The normalized spacial score (nSPS) is 11.4. The number of benzene rings is 1. The van der Waals surface area contributed by atoms with Gasteiger partial charge in [0.2, 0.25) is 10.0 Å². The summed E-state index contributed by atoms with van der Waals surface area (Å²) in [4.78, 5) is 10.7. The quantitative estimate of drug-likeness (QED) is 0.853. The molecule has 1 heterocycles.